The Morgan fingerprint density at radius 2 is 1.78 bits per heavy atom. The molecule has 6 heteroatoms. The highest BCUT2D eigenvalue weighted by Crippen LogP contribution is 2.18. The van der Waals surface area contributed by atoms with Crippen LogP contribution in [0.25, 0.3) is 11.0 Å². The fraction of sp³-hybridized carbons (Fsp3) is 0.176. The number of nitrogens with zero attached hydrogens (tertiary/aromatic N) is 4. The maximum Gasteiger partial charge on any atom is 0.277 e. The second-order valence-electron chi connectivity index (χ2n) is 5.18. The Morgan fingerprint density at radius 3 is 2.48 bits per heavy atom. The van der Waals surface area contributed by atoms with Gasteiger partial charge in [-0.2, -0.15) is 0 Å². The number of likely N-dealkylation sites (N-methyl/N-ethyl adjacent to an activating group) is 1. The summed E-state index contributed by atoms with van der Waals surface area (Å²) in [5, 5.41) is 9.98. The molecule has 0 saturated carbocycles. The second-order valence-corrected chi connectivity index (χ2v) is 5.18. The first-order chi connectivity index (χ1) is 11.1. The van der Waals surface area contributed by atoms with E-state index in [1.165, 1.54) is 4.90 Å². The third-order valence-electron chi connectivity index (χ3n) is 3.53. The van der Waals surface area contributed by atoms with Gasteiger partial charge in [-0.25, -0.2) is 9.97 Å². The molecule has 0 saturated heterocycles. The Kier molecular flexibility index (Phi) is 4.14. The Labute approximate surface area is 133 Å². The Bertz CT molecular complexity index is 836. The van der Waals surface area contributed by atoms with E-state index in [9.17, 15) is 9.90 Å². The highest BCUT2D eigenvalue weighted by molar-refractivity contribution is 5.96. The van der Waals surface area contributed by atoms with Crippen LogP contribution < -0.4 is 0 Å². The molecule has 23 heavy (non-hydrogen) atoms. The lowest BCUT2D eigenvalue weighted by molar-refractivity contribution is 0.0787. The van der Waals surface area contributed by atoms with Crippen LogP contribution in [-0.4, -0.2) is 44.5 Å². The number of hydrogen-bond acceptors (Lipinski definition) is 5. The second kappa shape index (κ2) is 6.39. The number of aromatic hydroxyl groups is 1. The van der Waals surface area contributed by atoms with Crippen LogP contribution in [0.2, 0.25) is 0 Å². The maximum atomic E-state index is 12.5. The monoisotopic (exact) mass is 308 g/mol. The number of aromatic nitrogens is 3. The van der Waals surface area contributed by atoms with E-state index in [4.69, 9.17) is 0 Å². The van der Waals surface area contributed by atoms with Crippen molar-refractivity contribution in [3.63, 3.8) is 0 Å². The minimum atomic E-state index is -0.364. The van der Waals surface area contributed by atoms with E-state index in [-0.39, 0.29) is 17.5 Å². The molecule has 0 aliphatic heterocycles. The summed E-state index contributed by atoms with van der Waals surface area (Å²) in [4.78, 5) is 26.5. The zero-order valence-corrected chi connectivity index (χ0v) is 12.7. The van der Waals surface area contributed by atoms with Crippen LogP contribution in [0.1, 0.15) is 16.2 Å². The van der Waals surface area contributed by atoms with Gasteiger partial charge in [-0.05, 0) is 24.3 Å². The first kappa shape index (κ1) is 14.9. The van der Waals surface area contributed by atoms with Gasteiger partial charge >= 0.3 is 0 Å². The summed E-state index contributed by atoms with van der Waals surface area (Å²) < 4.78 is 0. The van der Waals surface area contributed by atoms with Gasteiger partial charge in [0, 0.05) is 31.9 Å². The van der Waals surface area contributed by atoms with E-state index in [0.29, 0.717) is 24.0 Å². The van der Waals surface area contributed by atoms with Crippen molar-refractivity contribution >= 4 is 16.9 Å². The van der Waals surface area contributed by atoms with Gasteiger partial charge < -0.3 is 10.0 Å². The Balaban J connectivity index is 1.78. The van der Waals surface area contributed by atoms with Gasteiger partial charge in [-0.15, -0.1) is 0 Å². The number of amides is 1. The summed E-state index contributed by atoms with van der Waals surface area (Å²) in [6.45, 7) is 0.476. The average Bonchev–Trinajstić information content (AvgIpc) is 2.59. The summed E-state index contributed by atoms with van der Waals surface area (Å²) in [6.07, 6.45) is 2.35. The van der Waals surface area contributed by atoms with Crippen molar-refractivity contribution in [2.24, 2.45) is 0 Å². The van der Waals surface area contributed by atoms with Crippen LogP contribution in [0.4, 0.5) is 0 Å². The molecule has 0 unspecified atom stereocenters. The molecule has 0 spiro atoms. The van der Waals surface area contributed by atoms with Crippen molar-refractivity contribution in [3.8, 4) is 5.88 Å². The maximum absolute atomic E-state index is 12.5. The zero-order valence-electron chi connectivity index (χ0n) is 12.7. The fourth-order valence-electron chi connectivity index (χ4n) is 2.24. The number of rotatable bonds is 4. The van der Waals surface area contributed by atoms with Crippen molar-refractivity contribution in [3.05, 3.63) is 60.0 Å². The highest BCUT2D eigenvalue weighted by Gasteiger charge is 2.19. The van der Waals surface area contributed by atoms with E-state index in [1.807, 2.05) is 24.3 Å². The molecule has 0 aliphatic rings. The van der Waals surface area contributed by atoms with Crippen molar-refractivity contribution in [2.45, 2.75) is 6.42 Å². The van der Waals surface area contributed by atoms with Crippen LogP contribution in [0, 0.1) is 0 Å². The minimum Gasteiger partial charge on any atom is -0.492 e. The normalized spacial score (nSPS) is 10.7. The quantitative estimate of drug-likeness (QED) is 0.798. The summed E-state index contributed by atoms with van der Waals surface area (Å²) in [7, 11) is 1.67. The minimum absolute atomic E-state index is 0.0350. The van der Waals surface area contributed by atoms with Gasteiger partial charge in [-0.3, -0.25) is 9.78 Å². The van der Waals surface area contributed by atoms with Gasteiger partial charge in [-0.1, -0.05) is 18.2 Å². The topological polar surface area (TPSA) is 79.2 Å². The van der Waals surface area contributed by atoms with Gasteiger partial charge in [0.2, 0.25) is 5.88 Å². The molecule has 116 valence electrons. The summed E-state index contributed by atoms with van der Waals surface area (Å²) >= 11 is 0. The molecular formula is C17H16N4O2. The van der Waals surface area contributed by atoms with E-state index in [1.54, 1.807) is 31.4 Å². The highest BCUT2D eigenvalue weighted by atomic mass is 16.3. The molecule has 6 nitrogen and oxygen atoms in total. The lowest BCUT2D eigenvalue weighted by Gasteiger charge is -2.17. The Hall–Kier alpha value is -3.02. The van der Waals surface area contributed by atoms with Crippen LogP contribution in [0.5, 0.6) is 5.88 Å². The molecule has 2 heterocycles. The molecule has 3 aromatic rings. The summed E-state index contributed by atoms with van der Waals surface area (Å²) in [6, 6.07) is 12.8. The van der Waals surface area contributed by atoms with Crippen molar-refractivity contribution < 1.29 is 9.90 Å². The first-order valence-corrected chi connectivity index (χ1v) is 7.26. The van der Waals surface area contributed by atoms with Crippen molar-refractivity contribution in [2.75, 3.05) is 13.6 Å². The standard InChI is InChI=1S/C17H16N4O2/c1-21(11-9-12-6-4-5-10-18-12)17(23)15-16(22)20-14-8-3-2-7-13(14)19-15/h2-8,10H,9,11H2,1H3,(H,20,22). The largest absolute Gasteiger partial charge is 0.492 e. The van der Waals surface area contributed by atoms with Gasteiger partial charge in [0.05, 0.1) is 11.0 Å². The smallest absolute Gasteiger partial charge is 0.277 e. The fourth-order valence-corrected chi connectivity index (χ4v) is 2.24. The third kappa shape index (κ3) is 3.26. The molecule has 1 aromatic carbocycles. The van der Waals surface area contributed by atoms with Crippen molar-refractivity contribution in [1.82, 2.24) is 19.9 Å². The first-order valence-electron chi connectivity index (χ1n) is 7.26. The number of pyridine rings is 1. The summed E-state index contributed by atoms with van der Waals surface area (Å²) in [5.74, 6) is -0.713. The van der Waals surface area contributed by atoms with E-state index >= 15 is 0 Å². The number of para-hydroxylation sites is 2. The van der Waals surface area contributed by atoms with Gasteiger partial charge in [0.25, 0.3) is 5.91 Å². The molecule has 1 N–H and O–H groups in total. The Morgan fingerprint density at radius 1 is 1.09 bits per heavy atom. The van der Waals surface area contributed by atoms with Gasteiger partial charge in [0.1, 0.15) is 0 Å². The molecule has 0 aliphatic carbocycles. The van der Waals surface area contributed by atoms with Crippen molar-refractivity contribution in [1.29, 1.82) is 0 Å². The molecule has 0 fully saturated rings. The number of benzene rings is 1. The molecule has 3 rings (SSSR count). The number of carbonyl (C=O) groups is 1. The van der Waals surface area contributed by atoms with Crippen LogP contribution in [-0.2, 0) is 6.42 Å². The number of carbonyl (C=O) groups excluding carboxylic acids is 1. The van der Waals surface area contributed by atoms with E-state index in [0.717, 1.165) is 5.69 Å². The molecule has 0 radical (unpaired) electrons. The SMILES string of the molecule is CN(CCc1ccccn1)C(=O)c1nc2ccccc2nc1O. The number of fused-ring (bicyclic) bond motifs is 1. The van der Waals surface area contributed by atoms with Crippen LogP contribution >= 0.6 is 0 Å². The van der Waals surface area contributed by atoms with Crippen LogP contribution in [0.15, 0.2) is 48.7 Å². The van der Waals surface area contributed by atoms with E-state index in [2.05, 4.69) is 15.0 Å². The van der Waals surface area contributed by atoms with Crippen LogP contribution in [0.3, 0.4) is 0 Å². The molecular weight excluding hydrogens is 292 g/mol. The molecule has 1 amide bonds. The lowest BCUT2D eigenvalue weighted by Crippen LogP contribution is -2.30. The molecule has 2 aromatic heterocycles. The lowest BCUT2D eigenvalue weighted by atomic mass is 10.2. The third-order valence-corrected chi connectivity index (χ3v) is 3.53. The zero-order chi connectivity index (χ0) is 16.2. The summed E-state index contributed by atoms with van der Waals surface area (Å²) in [5.41, 5.74) is 2.00. The van der Waals surface area contributed by atoms with Gasteiger partial charge in [0.15, 0.2) is 5.69 Å². The molecule has 0 atom stereocenters. The molecule has 0 bridgehead atoms. The van der Waals surface area contributed by atoms with E-state index < -0.39 is 0 Å². The number of hydrogen-bond donors (Lipinski definition) is 1. The predicted octanol–water partition coefficient (Wildman–Crippen LogP) is 2.05. The predicted molar refractivity (Wildman–Crippen MR) is 86.1 cm³/mol. The average molecular weight is 308 g/mol.